The quantitative estimate of drug-likeness (QED) is 0.0324. The Labute approximate surface area is 348 Å². The van der Waals surface area contributed by atoms with Crippen molar-refractivity contribution in [1.82, 2.24) is 5.32 Å². The number of allylic oxidation sites excluding steroid dienone is 4. The summed E-state index contributed by atoms with van der Waals surface area (Å²) in [5, 5.41) is 23.1. The summed E-state index contributed by atoms with van der Waals surface area (Å²) >= 11 is 0. The van der Waals surface area contributed by atoms with Crippen LogP contribution in [-0.4, -0.2) is 47.4 Å². The summed E-state index contributed by atoms with van der Waals surface area (Å²) in [7, 11) is 0. The van der Waals surface area contributed by atoms with Crippen molar-refractivity contribution in [2.45, 2.75) is 270 Å². The standard InChI is InChI=1S/C50H95NO5/c1-3-5-7-9-11-13-15-24-28-32-36-40-44-50(55)56-45-41-37-33-29-25-22-20-18-16-17-19-21-23-27-31-35-39-43-49(54)51-47(46-52)48(53)42-38-34-30-26-14-12-10-8-6-4-2/h11,13,16,18,47-48,52-53H,3-10,12,14-15,17,19-46H2,1-2H3,(H,51,54)/b13-11-,18-16-. The van der Waals surface area contributed by atoms with Crippen LogP contribution in [0, 0.1) is 0 Å². The summed E-state index contributed by atoms with van der Waals surface area (Å²) in [6.07, 6.45) is 52.9. The molecule has 2 atom stereocenters. The fraction of sp³-hybridized carbons (Fsp3) is 0.880. The van der Waals surface area contributed by atoms with E-state index in [1.165, 1.54) is 167 Å². The Kier molecular flexibility index (Phi) is 44.7. The van der Waals surface area contributed by atoms with Crippen LogP contribution in [0.4, 0.5) is 0 Å². The number of hydrogen-bond donors (Lipinski definition) is 3. The third kappa shape index (κ3) is 42.0. The van der Waals surface area contributed by atoms with E-state index in [4.69, 9.17) is 4.74 Å². The molecule has 0 aliphatic carbocycles. The average molecular weight is 790 g/mol. The molecule has 0 saturated carbocycles. The highest BCUT2D eigenvalue weighted by Gasteiger charge is 2.20. The van der Waals surface area contributed by atoms with Crippen LogP contribution < -0.4 is 5.32 Å². The first-order valence-electron chi connectivity index (χ1n) is 24.6. The first kappa shape index (κ1) is 54.3. The van der Waals surface area contributed by atoms with E-state index in [2.05, 4.69) is 43.5 Å². The lowest BCUT2D eigenvalue weighted by Crippen LogP contribution is -2.45. The highest BCUT2D eigenvalue weighted by Crippen LogP contribution is 2.15. The Balaban J connectivity index is 3.46. The van der Waals surface area contributed by atoms with E-state index in [0.29, 0.717) is 25.9 Å². The minimum Gasteiger partial charge on any atom is -0.466 e. The van der Waals surface area contributed by atoms with E-state index in [-0.39, 0.29) is 18.5 Å². The van der Waals surface area contributed by atoms with Crippen LogP contribution >= 0.6 is 0 Å². The fourth-order valence-corrected chi connectivity index (χ4v) is 7.39. The third-order valence-electron chi connectivity index (χ3n) is 11.2. The number of amides is 1. The predicted molar refractivity (Wildman–Crippen MR) is 241 cm³/mol. The van der Waals surface area contributed by atoms with Gasteiger partial charge >= 0.3 is 5.97 Å². The van der Waals surface area contributed by atoms with Gasteiger partial charge in [-0.2, -0.15) is 0 Å². The zero-order valence-corrected chi connectivity index (χ0v) is 37.4. The largest absolute Gasteiger partial charge is 0.466 e. The van der Waals surface area contributed by atoms with Crippen LogP contribution in [0.5, 0.6) is 0 Å². The Hall–Kier alpha value is -1.66. The molecule has 0 heterocycles. The molecule has 6 nitrogen and oxygen atoms in total. The first-order valence-corrected chi connectivity index (χ1v) is 24.6. The average Bonchev–Trinajstić information content (AvgIpc) is 3.20. The molecule has 0 aliphatic rings. The van der Waals surface area contributed by atoms with Crippen LogP contribution in [0.2, 0.25) is 0 Å². The molecule has 0 radical (unpaired) electrons. The second-order valence-corrected chi connectivity index (χ2v) is 16.8. The zero-order chi connectivity index (χ0) is 40.8. The smallest absolute Gasteiger partial charge is 0.305 e. The molecule has 0 fully saturated rings. The predicted octanol–water partition coefficient (Wildman–Crippen LogP) is 14.3. The van der Waals surface area contributed by atoms with Crippen LogP contribution in [0.15, 0.2) is 24.3 Å². The summed E-state index contributed by atoms with van der Waals surface area (Å²) in [6.45, 7) is 4.88. The van der Waals surface area contributed by atoms with E-state index >= 15 is 0 Å². The van der Waals surface area contributed by atoms with Gasteiger partial charge in [-0.3, -0.25) is 9.59 Å². The highest BCUT2D eigenvalue weighted by atomic mass is 16.5. The molecular weight excluding hydrogens is 695 g/mol. The van der Waals surface area contributed by atoms with Gasteiger partial charge < -0.3 is 20.3 Å². The van der Waals surface area contributed by atoms with E-state index < -0.39 is 12.1 Å². The van der Waals surface area contributed by atoms with E-state index in [1.807, 2.05) is 0 Å². The number of unbranched alkanes of at least 4 members (excludes halogenated alkanes) is 30. The number of rotatable bonds is 45. The molecule has 56 heavy (non-hydrogen) atoms. The van der Waals surface area contributed by atoms with Crippen molar-refractivity contribution in [1.29, 1.82) is 0 Å². The molecule has 2 unspecified atom stereocenters. The molecule has 0 aliphatic heterocycles. The molecular formula is C50H95NO5. The van der Waals surface area contributed by atoms with Gasteiger partial charge in [0.15, 0.2) is 0 Å². The Morgan fingerprint density at radius 1 is 0.482 bits per heavy atom. The second-order valence-electron chi connectivity index (χ2n) is 16.8. The van der Waals surface area contributed by atoms with Crippen molar-refractivity contribution in [2.75, 3.05) is 13.2 Å². The van der Waals surface area contributed by atoms with E-state index in [9.17, 15) is 19.8 Å². The maximum atomic E-state index is 12.4. The van der Waals surface area contributed by atoms with Crippen molar-refractivity contribution < 1.29 is 24.5 Å². The maximum absolute atomic E-state index is 12.4. The number of ether oxygens (including phenoxy) is 1. The summed E-state index contributed by atoms with van der Waals surface area (Å²) in [6, 6.07) is -0.548. The second kappa shape index (κ2) is 46.0. The van der Waals surface area contributed by atoms with Gasteiger partial charge in [0, 0.05) is 12.8 Å². The van der Waals surface area contributed by atoms with Crippen LogP contribution in [0.3, 0.4) is 0 Å². The number of aliphatic hydroxyl groups is 2. The van der Waals surface area contributed by atoms with Crippen molar-refractivity contribution in [3.05, 3.63) is 24.3 Å². The van der Waals surface area contributed by atoms with Gasteiger partial charge in [-0.15, -0.1) is 0 Å². The van der Waals surface area contributed by atoms with Gasteiger partial charge in [0.25, 0.3) is 0 Å². The van der Waals surface area contributed by atoms with Gasteiger partial charge in [-0.05, 0) is 77.0 Å². The number of esters is 1. The maximum Gasteiger partial charge on any atom is 0.305 e. The molecule has 0 rings (SSSR count). The molecule has 0 aromatic rings. The van der Waals surface area contributed by atoms with Crippen molar-refractivity contribution in [3.63, 3.8) is 0 Å². The normalized spacial score (nSPS) is 12.9. The van der Waals surface area contributed by atoms with E-state index in [1.54, 1.807) is 0 Å². The first-order chi connectivity index (χ1) is 27.5. The number of carbonyl (C=O) groups is 2. The third-order valence-corrected chi connectivity index (χ3v) is 11.2. The van der Waals surface area contributed by atoms with Gasteiger partial charge in [0.1, 0.15) is 0 Å². The minimum absolute atomic E-state index is 0.0126. The van der Waals surface area contributed by atoms with Gasteiger partial charge in [0.2, 0.25) is 5.91 Å². The topological polar surface area (TPSA) is 95.9 Å². The molecule has 330 valence electrons. The lowest BCUT2D eigenvalue weighted by atomic mass is 10.0. The number of nitrogens with one attached hydrogen (secondary N) is 1. The number of carbonyl (C=O) groups excluding carboxylic acids is 2. The molecule has 0 aromatic carbocycles. The molecule has 0 spiro atoms. The lowest BCUT2D eigenvalue weighted by Gasteiger charge is -2.22. The van der Waals surface area contributed by atoms with Crippen molar-refractivity contribution >= 4 is 11.9 Å². The Morgan fingerprint density at radius 3 is 1.30 bits per heavy atom. The molecule has 0 aromatic heterocycles. The molecule has 0 saturated heterocycles. The summed E-state index contributed by atoms with van der Waals surface area (Å²) in [4.78, 5) is 24.4. The summed E-state index contributed by atoms with van der Waals surface area (Å²) in [5.74, 6) is -0.0622. The summed E-state index contributed by atoms with van der Waals surface area (Å²) in [5.41, 5.74) is 0. The molecule has 6 heteroatoms. The van der Waals surface area contributed by atoms with Gasteiger partial charge in [-0.25, -0.2) is 0 Å². The van der Waals surface area contributed by atoms with Crippen LogP contribution in [-0.2, 0) is 14.3 Å². The lowest BCUT2D eigenvalue weighted by molar-refractivity contribution is -0.143. The van der Waals surface area contributed by atoms with Gasteiger partial charge in [0.05, 0.1) is 25.4 Å². The van der Waals surface area contributed by atoms with Crippen LogP contribution in [0.25, 0.3) is 0 Å². The van der Waals surface area contributed by atoms with Gasteiger partial charge in [-0.1, -0.05) is 192 Å². The highest BCUT2D eigenvalue weighted by molar-refractivity contribution is 5.76. The van der Waals surface area contributed by atoms with Crippen LogP contribution in [0.1, 0.15) is 258 Å². The zero-order valence-electron chi connectivity index (χ0n) is 37.4. The molecule has 1 amide bonds. The minimum atomic E-state index is -0.670. The molecule has 0 bridgehead atoms. The van der Waals surface area contributed by atoms with Crippen molar-refractivity contribution in [2.24, 2.45) is 0 Å². The fourth-order valence-electron chi connectivity index (χ4n) is 7.39. The Morgan fingerprint density at radius 2 is 0.839 bits per heavy atom. The van der Waals surface area contributed by atoms with Crippen molar-refractivity contribution in [3.8, 4) is 0 Å². The molecule has 3 N–H and O–H groups in total. The number of hydrogen-bond acceptors (Lipinski definition) is 5. The summed E-state index contributed by atoms with van der Waals surface area (Å²) < 4.78 is 5.44. The van der Waals surface area contributed by atoms with E-state index in [0.717, 1.165) is 57.8 Å². The SMILES string of the molecule is CCCCC/C=C\CCCCCCCC(=O)OCCCCCCCC/C=C\CCCCCCCCCC(=O)NC(CO)C(O)CCCCCCCCCCCC. The number of aliphatic hydroxyl groups excluding tert-OH is 2. The Bertz CT molecular complexity index is 874. The monoisotopic (exact) mass is 790 g/mol.